The topological polar surface area (TPSA) is 58.2 Å². The highest BCUT2D eigenvalue weighted by Gasteiger charge is 2.06. The third-order valence-electron chi connectivity index (χ3n) is 2.42. The van der Waals surface area contributed by atoms with Gasteiger partial charge in [-0.15, -0.1) is 0 Å². The summed E-state index contributed by atoms with van der Waals surface area (Å²) < 4.78 is 24.6. The van der Waals surface area contributed by atoms with E-state index in [2.05, 4.69) is 10.0 Å². The van der Waals surface area contributed by atoms with Crippen LogP contribution in [0.15, 0.2) is 42.5 Å². The van der Waals surface area contributed by atoms with Crippen molar-refractivity contribution in [1.29, 1.82) is 0 Å². The van der Waals surface area contributed by atoms with E-state index in [4.69, 9.17) is 23.2 Å². The van der Waals surface area contributed by atoms with Gasteiger partial charge >= 0.3 is 0 Å². The molecule has 2 N–H and O–H groups in total. The lowest BCUT2D eigenvalue weighted by atomic mass is 10.2. The minimum absolute atomic E-state index is 0.489. The first-order valence-corrected chi connectivity index (χ1v) is 8.29. The van der Waals surface area contributed by atoms with E-state index in [0.29, 0.717) is 21.4 Å². The predicted octanol–water partition coefficient (Wildman–Crippen LogP) is 4.11. The molecular formula is C13H12Cl2N2O2S. The molecule has 20 heavy (non-hydrogen) atoms. The van der Waals surface area contributed by atoms with Gasteiger partial charge in [0.05, 0.1) is 22.0 Å². The van der Waals surface area contributed by atoms with Gasteiger partial charge in [0.25, 0.3) is 0 Å². The number of halogens is 2. The van der Waals surface area contributed by atoms with Gasteiger partial charge in [0.1, 0.15) is 0 Å². The minimum atomic E-state index is -3.27. The van der Waals surface area contributed by atoms with Gasteiger partial charge in [-0.1, -0.05) is 29.3 Å². The molecule has 0 aliphatic rings. The molecule has 0 fully saturated rings. The Morgan fingerprint density at radius 1 is 0.900 bits per heavy atom. The fourth-order valence-corrected chi connectivity index (χ4v) is 2.65. The summed E-state index contributed by atoms with van der Waals surface area (Å²) in [6, 6.07) is 12.0. The molecule has 0 aliphatic carbocycles. The van der Waals surface area contributed by atoms with Crippen molar-refractivity contribution in [2.24, 2.45) is 0 Å². The molecule has 106 valence electrons. The van der Waals surface area contributed by atoms with Crippen molar-refractivity contribution in [1.82, 2.24) is 0 Å². The van der Waals surface area contributed by atoms with Crippen LogP contribution >= 0.6 is 23.2 Å². The molecule has 2 aromatic carbocycles. The Morgan fingerprint density at radius 2 is 1.40 bits per heavy atom. The number of para-hydroxylation sites is 1. The number of benzene rings is 2. The second-order valence-corrected chi connectivity index (χ2v) is 6.74. The highest BCUT2D eigenvalue weighted by molar-refractivity contribution is 7.92. The van der Waals surface area contributed by atoms with Gasteiger partial charge < -0.3 is 5.32 Å². The van der Waals surface area contributed by atoms with Crippen LogP contribution < -0.4 is 10.0 Å². The number of hydrogen-bond donors (Lipinski definition) is 2. The highest BCUT2D eigenvalue weighted by Crippen LogP contribution is 2.32. The molecule has 2 rings (SSSR count). The summed E-state index contributed by atoms with van der Waals surface area (Å²) in [5.41, 5.74) is 1.85. The molecule has 7 heteroatoms. The zero-order valence-electron chi connectivity index (χ0n) is 10.5. The second-order valence-electron chi connectivity index (χ2n) is 4.17. The second kappa shape index (κ2) is 5.91. The SMILES string of the molecule is CS(=O)(=O)Nc1ccc(Nc2c(Cl)cccc2Cl)cc1. The summed E-state index contributed by atoms with van der Waals surface area (Å²) in [5.74, 6) is 0. The molecule has 0 saturated heterocycles. The first kappa shape index (κ1) is 15.0. The van der Waals surface area contributed by atoms with Gasteiger partial charge in [0.15, 0.2) is 0 Å². The largest absolute Gasteiger partial charge is 0.353 e. The first-order valence-electron chi connectivity index (χ1n) is 5.64. The fourth-order valence-electron chi connectivity index (χ4n) is 1.60. The average Bonchev–Trinajstić information content (AvgIpc) is 2.34. The quantitative estimate of drug-likeness (QED) is 0.886. The predicted molar refractivity (Wildman–Crippen MR) is 84.7 cm³/mol. The summed E-state index contributed by atoms with van der Waals surface area (Å²) >= 11 is 12.1. The third-order valence-corrected chi connectivity index (χ3v) is 3.66. The van der Waals surface area contributed by atoms with E-state index in [-0.39, 0.29) is 0 Å². The van der Waals surface area contributed by atoms with Crippen LogP contribution in [0.3, 0.4) is 0 Å². The molecule has 0 saturated carbocycles. The van der Waals surface area contributed by atoms with Gasteiger partial charge in [-0.05, 0) is 36.4 Å². The molecule has 0 bridgehead atoms. The molecule has 0 atom stereocenters. The number of sulfonamides is 1. The lowest BCUT2D eigenvalue weighted by Crippen LogP contribution is -2.09. The summed E-state index contributed by atoms with van der Waals surface area (Å²) in [7, 11) is -3.27. The lowest BCUT2D eigenvalue weighted by molar-refractivity contribution is 0.607. The maximum Gasteiger partial charge on any atom is 0.229 e. The Bertz CT molecular complexity index is 695. The first-order chi connectivity index (χ1) is 9.35. The Morgan fingerprint density at radius 3 is 1.90 bits per heavy atom. The fraction of sp³-hybridized carbons (Fsp3) is 0.0769. The summed E-state index contributed by atoms with van der Waals surface area (Å²) in [4.78, 5) is 0. The van der Waals surface area contributed by atoms with Crippen LogP contribution in [0, 0.1) is 0 Å². The van der Waals surface area contributed by atoms with Gasteiger partial charge in [-0.25, -0.2) is 8.42 Å². The Hall–Kier alpha value is -1.43. The molecule has 0 unspecified atom stereocenters. The van der Waals surface area contributed by atoms with Crippen LogP contribution in [0.2, 0.25) is 10.0 Å². The van der Waals surface area contributed by atoms with Gasteiger partial charge in [0, 0.05) is 11.4 Å². The molecule has 0 spiro atoms. The van der Waals surface area contributed by atoms with E-state index in [1.165, 1.54) is 0 Å². The average molecular weight is 331 g/mol. The highest BCUT2D eigenvalue weighted by atomic mass is 35.5. The molecule has 0 radical (unpaired) electrons. The number of rotatable bonds is 4. The Balaban J connectivity index is 2.19. The smallest absolute Gasteiger partial charge is 0.229 e. The van der Waals surface area contributed by atoms with E-state index >= 15 is 0 Å². The van der Waals surface area contributed by atoms with E-state index < -0.39 is 10.0 Å². The maximum absolute atomic E-state index is 11.1. The van der Waals surface area contributed by atoms with Gasteiger partial charge in [-0.3, -0.25) is 4.72 Å². The summed E-state index contributed by atoms with van der Waals surface area (Å²) in [6.45, 7) is 0. The van der Waals surface area contributed by atoms with Gasteiger partial charge in [-0.2, -0.15) is 0 Å². The van der Waals surface area contributed by atoms with Crippen LogP contribution in [0.5, 0.6) is 0 Å². The van der Waals surface area contributed by atoms with Crippen molar-refractivity contribution in [2.75, 3.05) is 16.3 Å². The van der Waals surface area contributed by atoms with Crippen LogP contribution in [0.25, 0.3) is 0 Å². The summed E-state index contributed by atoms with van der Waals surface area (Å²) in [5, 5.41) is 4.11. The standard InChI is InChI=1S/C13H12Cl2N2O2S/c1-20(18,19)17-10-7-5-9(6-8-10)16-13-11(14)3-2-4-12(13)15/h2-8,16-17H,1H3. The number of nitrogens with one attached hydrogen (secondary N) is 2. The van der Waals surface area contributed by atoms with E-state index in [1.807, 2.05) is 0 Å². The van der Waals surface area contributed by atoms with Crippen molar-refractivity contribution in [3.05, 3.63) is 52.5 Å². The van der Waals surface area contributed by atoms with E-state index in [1.54, 1.807) is 42.5 Å². The molecule has 2 aromatic rings. The third kappa shape index (κ3) is 4.03. The molecule has 0 aromatic heterocycles. The molecular weight excluding hydrogens is 319 g/mol. The van der Waals surface area contributed by atoms with Crippen molar-refractivity contribution in [2.45, 2.75) is 0 Å². The monoisotopic (exact) mass is 330 g/mol. The van der Waals surface area contributed by atoms with Gasteiger partial charge in [0.2, 0.25) is 10.0 Å². The van der Waals surface area contributed by atoms with Crippen LogP contribution in [0.4, 0.5) is 17.1 Å². The minimum Gasteiger partial charge on any atom is -0.353 e. The van der Waals surface area contributed by atoms with E-state index in [9.17, 15) is 8.42 Å². The molecule has 4 nitrogen and oxygen atoms in total. The van der Waals surface area contributed by atoms with Crippen LogP contribution in [0.1, 0.15) is 0 Å². The van der Waals surface area contributed by atoms with Crippen molar-refractivity contribution in [3.63, 3.8) is 0 Å². The maximum atomic E-state index is 11.1. The number of anilines is 3. The number of hydrogen-bond acceptors (Lipinski definition) is 3. The van der Waals surface area contributed by atoms with Crippen molar-refractivity contribution < 1.29 is 8.42 Å². The zero-order valence-corrected chi connectivity index (χ0v) is 12.9. The zero-order chi connectivity index (χ0) is 14.8. The summed E-state index contributed by atoms with van der Waals surface area (Å²) in [6.07, 6.45) is 1.10. The van der Waals surface area contributed by atoms with Crippen LogP contribution in [-0.4, -0.2) is 14.7 Å². The molecule has 0 amide bonds. The molecule has 0 heterocycles. The van der Waals surface area contributed by atoms with E-state index in [0.717, 1.165) is 11.9 Å². The lowest BCUT2D eigenvalue weighted by Gasteiger charge is -2.11. The van der Waals surface area contributed by atoms with Crippen LogP contribution in [-0.2, 0) is 10.0 Å². The van der Waals surface area contributed by atoms with Crippen molar-refractivity contribution >= 4 is 50.3 Å². The normalized spacial score (nSPS) is 11.2. The Kier molecular flexibility index (Phi) is 4.42. The Labute approximate surface area is 127 Å². The molecule has 0 aliphatic heterocycles. The van der Waals surface area contributed by atoms with Crippen molar-refractivity contribution in [3.8, 4) is 0 Å².